The van der Waals surface area contributed by atoms with Crippen LogP contribution in [0, 0.1) is 0 Å². The zero-order chi connectivity index (χ0) is 18.2. The van der Waals surface area contributed by atoms with Gasteiger partial charge in [0.15, 0.2) is 5.78 Å². The molecule has 0 aliphatic carbocycles. The molecular formula is C20H22O6. The van der Waals surface area contributed by atoms with Crippen LogP contribution in [0.5, 0.6) is 5.75 Å². The van der Waals surface area contributed by atoms with Gasteiger partial charge in [-0.2, -0.15) is 0 Å². The van der Waals surface area contributed by atoms with Crippen molar-refractivity contribution in [3.8, 4) is 5.75 Å². The Hall–Kier alpha value is -2.96. The molecule has 138 valence electrons. The number of carbonyl (C=O) groups is 2. The molecule has 6 nitrogen and oxygen atoms in total. The molecule has 0 saturated carbocycles. The number of rotatable bonds is 8. The molecule has 0 fully saturated rings. The first kappa shape index (κ1) is 21.1. The molecule has 2 rings (SSSR count). The maximum atomic E-state index is 12.7. The highest BCUT2D eigenvalue weighted by atomic mass is 16.7. The Morgan fingerprint density at radius 3 is 2.31 bits per heavy atom. The van der Waals surface area contributed by atoms with Gasteiger partial charge in [-0.1, -0.05) is 56.0 Å². The Kier molecular flexibility index (Phi) is 8.21. The molecule has 0 heterocycles. The van der Waals surface area contributed by atoms with Crippen molar-refractivity contribution < 1.29 is 29.6 Å². The summed E-state index contributed by atoms with van der Waals surface area (Å²) in [6.07, 6.45) is -0.515. The lowest BCUT2D eigenvalue weighted by molar-refractivity contribution is -0.159. The molecule has 6 heteroatoms. The summed E-state index contributed by atoms with van der Waals surface area (Å²) in [5.74, 6) is -0.594. The second-order valence-corrected chi connectivity index (χ2v) is 5.31. The number of carbonyl (C=O) groups excluding carboxylic acids is 2. The van der Waals surface area contributed by atoms with Crippen LogP contribution in [0.1, 0.15) is 29.3 Å². The van der Waals surface area contributed by atoms with E-state index in [4.69, 9.17) is 14.6 Å². The Bertz CT molecular complexity index is 754. The van der Waals surface area contributed by atoms with E-state index in [2.05, 4.69) is 6.58 Å². The molecule has 0 aliphatic heterocycles. The van der Waals surface area contributed by atoms with Gasteiger partial charge in [-0.3, -0.25) is 4.79 Å². The van der Waals surface area contributed by atoms with Crippen molar-refractivity contribution in [2.75, 3.05) is 6.61 Å². The SMILES string of the molecule is C=C(CO)C(=O)OC(CC)Oc1ccccc1C(=O)c1ccccc1.O. The van der Waals surface area contributed by atoms with Crippen molar-refractivity contribution in [3.63, 3.8) is 0 Å². The third kappa shape index (κ3) is 5.27. The number of ether oxygens (including phenoxy) is 2. The highest BCUT2D eigenvalue weighted by molar-refractivity contribution is 6.10. The highest BCUT2D eigenvalue weighted by Crippen LogP contribution is 2.23. The number of esters is 1. The fourth-order valence-corrected chi connectivity index (χ4v) is 2.10. The normalized spacial score (nSPS) is 11.0. The molecule has 1 atom stereocenters. The summed E-state index contributed by atoms with van der Waals surface area (Å²) in [6, 6.07) is 15.6. The van der Waals surface area contributed by atoms with Gasteiger partial charge < -0.3 is 20.1 Å². The maximum absolute atomic E-state index is 12.7. The molecule has 0 amide bonds. The van der Waals surface area contributed by atoms with Crippen LogP contribution in [0.3, 0.4) is 0 Å². The van der Waals surface area contributed by atoms with Crippen LogP contribution >= 0.6 is 0 Å². The van der Waals surface area contributed by atoms with Crippen LogP contribution in [-0.4, -0.2) is 35.2 Å². The van der Waals surface area contributed by atoms with Gasteiger partial charge in [0.1, 0.15) is 5.75 Å². The lowest BCUT2D eigenvalue weighted by Crippen LogP contribution is -2.25. The minimum Gasteiger partial charge on any atom is -0.454 e. The molecule has 0 aliphatic rings. The summed E-state index contributed by atoms with van der Waals surface area (Å²) in [6.45, 7) is 4.71. The predicted octanol–water partition coefficient (Wildman–Crippen LogP) is 2.30. The van der Waals surface area contributed by atoms with Crippen molar-refractivity contribution in [2.45, 2.75) is 19.6 Å². The van der Waals surface area contributed by atoms with E-state index in [1.807, 2.05) is 6.07 Å². The maximum Gasteiger partial charge on any atom is 0.338 e. The fraction of sp³-hybridized carbons (Fsp3) is 0.200. The van der Waals surface area contributed by atoms with Crippen LogP contribution in [-0.2, 0) is 9.53 Å². The zero-order valence-electron chi connectivity index (χ0n) is 14.5. The fourth-order valence-electron chi connectivity index (χ4n) is 2.10. The molecule has 0 saturated heterocycles. The predicted molar refractivity (Wildman–Crippen MR) is 97.0 cm³/mol. The van der Waals surface area contributed by atoms with Gasteiger partial charge in [-0.25, -0.2) is 4.79 Å². The molecule has 0 bridgehead atoms. The summed E-state index contributed by atoms with van der Waals surface area (Å²) in [5, 5.41) is 8.94. The first-order chi connectivity index (χ1) is 12.1. The molecule has 2 aromatic rings. The molecular weight excluding hydrogens is 336 g/mol. The topological polar surface area (TPSA) is 104 Å². The standard InChI is InChI=1S/C20H20O5.H2O/c1-3-18(25-20(23)14(2)13-21)24-17-12-8-7-11-16(17)19(22)15-9-5-4-6-10-15;/h4-12,18,21H,2-3,13H2,1H3;1H2. The first-order valence-electron chi connectivity index (χ1n) is 7.91. The Morgan fingerprint density at radius 1 is 1.08 bits per heavy atom. The van der Waals surface area contributed by atoms with E-state index in [0.717, 1.165) is 0 Å². The molecule has 0 spiro atoms. The zero-order valence-corrected chi connectivity index (χ0v) is 14.5. The largest absolute Gasteiger partial charge is 0.454 e. The quantitative estimate of drug-likeness (QED) is 0.337. The van der Waals surface area contributed by atoms with Crippen LogP contribution in [0.15, 0.2) is 66.7 Å². The lowest BCUT2D eigenvalue weighted by Gasteiger charge is -2.20. The number of hydrogen-bond acceptors (Lipinski definition) is 5. The molecule has 1 unspecified atom stereocenters. The minimum absolute atomic E-state index is 0. The summed E-state index contributed by atoms with van der Waals surface area (Å²) in [4.78, 5) is 24.4. The summed E-state index contributed by atoms with van der Waals surface area (Å²) in [5.41, 5.74) is 0.858. The van der Waals surface area contributed by atoms with Crippen molar-refractivity contribution in [1.29, 1.82) is 0 Å². The van der Waals surface area contributed by atoms with Crippen molar-refractivity contribution >= 4 is 11.8 Å². The summed E-state index contributed by atoms with van der Waals surface area (Å²) >= 11 is 0. The average Bonchev–Trinajstić information content (AvgIpc) is 2.67. The number of ketones is 1. The minimum atomic E-state index is -0.888. The highest BCUT2D eigenvalue weighted by Gasteiger charge is 2.20. The average molecular weight is 358 g/mol. The molecule has 3 N–H and O–H groups in total. The second kappa shape index (κ2) is 10.1. The number of benzene rings is 2. The van der Waals surface area contributed by atoms with Crippen LogP contribution in [0.25, 0.3) is 0 Å². The number of aliphatic hydroxyl groups is 1. The number of hydrogen-bond donors (Lipinski definition) is 1. The van der Waals surface area contributed by atoms with Crippen LogP contribution in [0.2, 0.25) is 0 Å². The van der Waals surface area contributed by atoms with E-state index >= 15 is 0 Å². The van der Waals surface area contributed by atoms with Crippen molar-refractivity contribution in [1.82, 2.24) is 0 Å². The van der Waals surface area contributed by atoms with Gasteiger partial charge in [-0.15, -0.1) is 0 Å². The molecule has 26 heavy (non-hydrogen) atoms. The summed E-state index contributed by atoms with van der Waals surface area (Å²) in [7, 11) is 0. The van der Waals surface area contributed by atoms with Crippen LogP contribution in [0.4, 0.5) is 0 Å². The van der Waals surface area contributed by atoms with E-state index in [9.17, 15) is 9.59 Å². The second-order valence-electron chi connectivity index (χ2n) is 5.31. The van der Waals surface area contributed by atoms with E-state index in [1.165, 1.54) is 0 Å². The lowest BCUT2D eigenvalue weighted by atomic mass is 10.0. The van der Waals surface area contributed by atoms with E-state index < -0.39 is 18.9 Å². The third-order valence-corrected chi connectivity index (χ3v) is 3.48. The van der Waals surface area contributed by atoms with Gasteiger partial charge >= 0.3 is 5.97 Å². The van der Waals surface area contributed by atoms with Crippen molar-refractivity contribution in [2.24, 2.45) is 0 Å². The third-order valence-electron chi connectivity index (χ3n) is 3.48. The van der Waals surface area contributed by atoms with E-state index in [-0.39, 0.29) is 16.8 Å². The van der Waals surface area contributed by atoms with Gasteiger partial charge in [-0.05, 0) is 12.1 Å². The molecule has 0 aromatic heterocycles. The van der Waals surface area contributed by atoms with Gasteiger partial charge in [0.05, 0.1) is 17.7 Å². The van der Waals surface area contributed by atoms with E-state index in [0.29, 0.717) is 23.3 Å². The van der Waals surface area contributed by atoms with Gasteiger partial charge in [0.2, 0.25) is 6.29 Å². The van der Waals surface area contributed by atoms with Crippen LogP contribution < -0.4 is 4.74 Å². The number of aliphatic hydroxyl groups excluding tert-OH is 1. The van der Waals surface area contributed by atoms with Gasteiger partial charge in [0.25, 0.3) is 0 Å². The molecule has 0 radical (unpaired) electrons. The van der Waals surface area contributed by atoms with Gasteiger partial charge in [0, 0.05) is 12.0 Å². The summed E-state index contributed by atoms with van der Waals surface area (Å²) < 4.78 is 10.9. The van der Waals surface area contributed by atoms with Crippen molar-refractivity contribution in [3.05, 3.63) is 77.9 Å². The smallest absolute Gasteiger partial charge is 0.338 e. The Labute approximate surface area is 152 Å². The molecule has 2 aromatic carbocycles. The first-order valence-corrected chi connectivity index (χ1v) is 7.91. The van der Waals surface area contributed by atoms with E-state index in [1.54, 1.807) is 55.5 Å². The monoisotopic (exact) mass is 358 g/mol. The Balaban J connectivity index is 0.00000338. The number of para-hydroxylation sites is 1. The Morgan fingerprint density at radius 2 is 1.69 bits per heavy atom.